The monoisotopic (exact) mass is 254 g/mol. The summed E-state index contributed by atoms with van der Waals surface area (Å²) in [7, 11) is 1.73. The van der Waals surface area contributed by atoms with Crippen LogP contribution < -0.4 is 5.73 Å². The van der Waals surface area contributed by atoms with E-state index in [4.69, 9.17) is 10.5 Å². The van der Waals surface area contributed by atoms with Gasteiger partial charge in [-0.2, -0.15) is 0 Å². The van der Waals surface area contributed by atoms with Gasteiger partial charge < -0.3 is 15.4 Å². The molecule has 0 radical (unpaired) electrons. The molecule has 2 rings (SSSR count). The molecule has 18 heavy (non-hydrogen) atoms. The van der Waals surface area contributed by atoms with Crippen LogP contribution in [0.2, 0.25) is 0 Å². The van der Waals surface area contributed by atoms with Crippen LogP contribution in [0, 0.1) is 11.3 Å². The summed E-state index contributed by atoms with van der Waals surface area (Å²) in [6.07, 6.45) is 3.94. The summed E-state index contributed by atoms with van der Waals surface area (Å²) in [5.41, 5.74) is 5.41. The van der Waals surface area contributed by atoms with Crippen molar-refractivity contribution in [2.75, 3.05) is 26.7 Å². The maximum absolute atomic E-state index is 12.7. The number of methoxy groups -OCH3 is 1. The minimum absolute atomic E-state index is 0.181. The van der Waals surface area contributed by atoms with E-state index >= 15 is 0 Å². The van der Waals surface area contributed by atoms with Gasteiger partial charge in [0.1, 0.15) is 0 Å². The molecule has 2 fully saturated rings. The number of carbonyl (C=O) groups excluding carboxylic acids is 1. The van der Waals surface area contributed by atoms with Crippen LogP contribution in [-0.4, -0.2) is 43.2 Å². The fourth-order valence-corrected chi connectivity index (χ4v) is 3.58. The van der Waals surface area contributed by atoms with E-state index in [9.17, 15) is 4.79 Å². The van der Waals surface area contributed by atoms with Crippen LogP contribution in [0.4, 0.5) is 0 Å². The molecule has 1 saturated carbocycles. The van der Waals surface area contributed by atoms with Crippen molar-refractivity contribution in [1.29, 1.82) is 0 Å². The first-order valence-corrected chi connectivity index (χ1v) is 6.99. The number of ether oxygens (including phenoxy) is 1. The van der Waals surface area contributed by atoms with Crippen LogP contribution in [0.15, 0.2) is 0 Å². The Hall–Kier alpha value is -0.610. The van der Waals surface area contributed by atoms with E-state index < -0.39 is 0 Å². The molecule has 1 aliphatic carbocycles. The number of amides is 1. The lowest BCUT2D eigenvalue weighted by atomic mass is 9.61. The van der Waals surface area contributed by atoms with E-state index in [0.717, 1.165) is 32.2 Å². The van der Waals surface area contributed by atoms with Crippen molar-refractivity contribution >= 4 is 5.91 Å². The highest BCUT2D eigenvalue weighted by molar-refractivity contribution is 5.84. The molecule has 1 aliphatic heterocycles. The van der Waals surface area contributed by atoms with Crippen molar-refractivity contribution in [2.45, 2.75) is 45.1 Å². The lowest BCUT2D eigenvalue weighted by Gasteiger charge is -2.49. The third kappa shape index (κ3) is 2.28. The van der Waals surface area contributed by atoms with Gasteiger partial charge in [0.25, 0.3) is 0 Å². The fourth-order valence-electron chi connectivity index (χ4n) is 3.58. The first kappa shape index (κ1) is 13.8. The topological polar surface area (TPSA) is 55.6 Å². The average Bonchev–Trinajstić information content (AvgIpc) is 2.34. The van der Waals surface area contributed by atoms with E-state index in [2.05, 4.69) is 13.8 Å². The molecular weight excluding hydrogens is 228 g/mol. The molecule has 1 saturated heterocycles. The van der Waals surface area contributed by atoms with Gasteiger partial charge >= 0.3 is 0 Å². The Morgan fingerprint density at radius 1 is 1.50 bits per heavy atom. The highest BCUT2D eigenvalue weighted by Crippen LogP contribution is 2.46. The summed E-state index contributed by atoms with van der Waals surface area (Å²) in [5, 5.41) is 0. The number of nitrogens with two attached hydrogens (primary N) is 1. The summed E-state index contributed by atoms with van der Waals surface area (Å²) in [4.78, 5) is 14.7. The molecule has 1 unspecified atom stereocenters. The van der Waals surface area contributed by atoms with Crippen LogP contribution >= 0.6 is 0 Å². The molecule has 0 aromatic carbocycles. The molecule has 1 amide bonds. The standard InChI is InChI=1S/C14H26N2O2/c1-11-7-14(8-11,9-15)12(17)16-6-4-5-13(2,10-16)18-3/h11H,4-10,15H2,1-3H3. The number of carbonyl (C=O) groups is 1. The van der Waals surface area contributed by atoms with Gasteiger partial charge in [0.2, 0.25) is 5.91 Å². The van der Waals surface area contributed by atoms with Crippen LogP contribution in [0.3, 0.4) is 0 Å². The van der Waals surface area contributed by atoms with Gasteiger partial charge in [-0.15, -0.1) is 0 Å². The molecule has 0 aromatic heterocycles. The Morgan fingerprint density at radius 3 is 2.67 bits per heavy atom. The molecule has 0 aromatic rings. The van der Waals surface area contributed by atoms with Crippen molar-refractivity contribution in [1.82, 2.24) is 4.90 Å². The van der Waals surface area contributed by atoms with Crippen molar-refractivity contribution < 1.29 is 9.53 Å². The highest BCUT2D eigenvalue weighted by atomic mass is 16.5. The van der Waals surface area contributed by atoms with Gasteiger partial charge in [0.05, 0.1) is 11.0 Å². The summed E-state index contributed by atoms with van der Waals surface area (Å²) < 4.78 is 5.55. The quantitative estimate of drug-likeness (QED) is 0.828. The fraction of sp³-hybridized carbons (Fsp3) is 0.929. The maximum atomic E-state index is 12.7. The smallest absolute Gasteiger partial charge is 0.230 e. The van der Waals surface area contributed by atoms with E-state index in [1.165, 1.54) is 0 Å². The predicted molar refractivity (Wildman–Crippen MR) is 71.1 cm³/mol. The minimum atomic E-state index is -0.272. The zero-order chi connectivity index (χ0) is 13.4. The number of nitrogens with zero attached hydrogens (tertiary/aromatic N) is 1. The highest BCUT2D eigenvalue weighted by Gasteiger charge is 2.50. The van der Waals surface area contributed by atoms with E-state index in [1.54, 1.807) is 7.11 Å². The van der Waals surface area contributed by atoms with E-state index in [0.29, 0.717) is 19.0 Å². The Balaban J connectivity index is 2.05. The molecule has 4 nitrogen and oxygen atoms in total. The third-order valence-corrected chi connectivity index (χ3v) is 4.76. The van der Waals surface area contributed by atoms with Gasteiger partial charge in [-0.25, -0.2) is 0 Å². The molecular formula is C14H26N2O2. The first-order valence-electron chi connectivity index (χ1n) is 6.99. The third-order valence-electron chi connectivity index (χ3n) is 4.76. The van der Waals surface area contributed by atoms with Gasteiger partial charge in [-0.05, 0) is 38.5 Å². The number of likely N-dealkylation sites (tertiary alicyclic amines) is 1. The number of rotatable bonds is 3. The summed E-state index contributed by atoms with van der Waals surface area (Å²) >= 11 is 0. The van der Waals surface area contributed by atoms with Crippen LogP contribution in [0.1, 0.15) is 39.5 Å². The number of hydrogen-bond acceptors (Lipinski definition) is 3. The van der Waals surface area contributed by atoms with Crippen molar-refractivity contribution in [3.05, 3.63) is 0 Å². The van der Waals surface area contributed by atoms with Gasteiger partial charge in [0, 0.05) is 26.7 Å². The number of hydrogen-bond donors (Lipinski definition) is 1. The predicted octanol–water partition coefficient (Wildman–Crippen LogP) is 1.39. The largest absolute Gasteiger partial charge is 0.377 e. The van der Waals surface area contributed by atoms with Crippen molar-refractivity contribution in [2.24, 2.45) is 17.1 Å². The van der Waals surface area contributed by atoms with Crippen LogP contribution in [-0.2, 0) is 9.53 Å². The SMILES string of the molecule is COC1(C)CCCN(C(=O)C2(CN)CC(C)C2)C1. The second-order valence-corrected chi connectivity index (χ2v) is 6.48. The Morgan fingerprint density at radius 2 is 2.17 bits per heavy atom. The molecule has 1 heterocycles. The molecule has 4 heteroatoms. The first-order chi connectivity index (χ1) is 8.45. The normalized spacial score (nSPS) is 40.4. The Bertz CT molecular complexity index is 326. The average molecular weight is 254 g/mol. The molecule has 104 valence electrons. The van der Waals surface area contributed by atoms with Crippen LogP contribution in [0.25, 0.3) is 0 Å². The Kier molecular flexibility index (Phi) is 3.70. The summed E-state index contributed by atoms with van der Waals surface area (Å²) in [6, 6.07) is 0. The second-order valence-electron chi connectivity index (χ2n) is 6.48. The molecule has 2 N–H and O–H groups in total. The molecule has 2 aliphatic rings. The molecule has 1 atom stereocenters. The van der Waals surface area contributed by atoms with E-state index in [1.807, 2.05) is 4.90 Å². The summed E-state index contributed by atoms with van der Waals surface area (Å²) in [6.45, 7) is 6.32. The Labute approximate surface area is 110 Å². The lowest BCUT2D eigenvalue weighted by Crippen LogP contribution is -2.59. The van der Waals surface area contributed by atoms with E-state index in [-0.39, 0.29) is 16.9 Å². The minimum Gasteiger partial charge on any atom is -0.377 e. The second kappa shape index (κ2) is 4.82. The summed E-state index contributed by atoms with van der Waals surface area (Å²) in [5.74, 6) is 0.891. The van der Waals surface area contributed by atoms with Crippen molar-refractivity contribution in [3.8, 4) is 0 Å². The van der Waals surface area contributed by atoms with Gasteiger partial charge in [-0.3, -0.25) is 4.79 Å². The zero-order valence-electron chi connectivity index (χ0n) is 11.9. The zero-order valence-corrected chi connectivity index (χ0v) is 11.9. The number of piperidine rings is 1. The molecule has 0 spiro atoms. The van der Waals surface area contributed by atoms with Gasteiger partial charge in [-0.1, -0.05) is 6.92 Å². The maximum Gasteiger partial charge on any atom is 0.230 e. The van der Waals surface area contributed by atoms with Crippen molar-refractivity contribution in [3.63, 3.8) is 0 Å². The molecule has 0 bridgehead atoms. The lowest BCUT2D eigenvalue weighted by molar-refractivity contribution is -0.157. The van der Waals surface area contributed by atoms with Crippen LogP contribution in [0.5, 0.6) is 0 Å². The van der Waals surface area contributed by atoms with Gasteiger partial charge in [0.15, 0.2) is 0 Å².